The molecule has 0 radical (unpaired) electrons. The van der Waals surface area contributed by atoms with Gasteiger partial charge < -0.3 is 20.9 Å². The minimum Gasteiger partial charge on any atom is -0.346 e. The summed E-state index contributed by atoms with van der Waals surface area (Å²) in [6.07, 6.45) is 1.90. The van der Waals surface area contributed by atoms with E-state index in [-0.39, 0.29) is 24.3 Å². The van der Waals surface area contributed by atoms with E-state index in [0.717, 1.165) is 18.4 Å². The highest BCUT2D eigenvalue weighted by Crippen LogP contribution is 2.23. The van der Waals surface area contributed by atoms with Gasteiger partial charge in [-0.2, -0.15) is 0 Å². The maximum absolute atomic E-state index is 13.2. The van der Waals surface area contributed by atoms with E-state index in [9.17, 15) is 14.4 Å². The summed E-state index contributed by atoms with van der Waals surface area (Å²) < 4.78 is 0. The van der Waals surface area contributed by atoms with Crippen molar-refractivity contribution in [1.29, 1.82) is 0 Å². The molecule has 28 heavy (non-hydrogen) atoms. The molecule has 1 fully saturated rings. The normalized spacial score (nSPS) is 17.2. The third-order valence-corrected chi connectivity index (χ3v) is 5.64. The molecule has 1 aromatic carbocycles. The lowest BCUT2D eigenvalue weighted by atomic mass is 10.1. The van der Waals surface area contributed by atoms with Gasteiger partial charge in [0.15, 0.2) is 0 Å². The zero-order chi connectivity index (χ0) is 20.5. The number of amides is 3. The molecule has 0 aromatic heterocycles. The SMILES string of the molecule is CCCCN(Cc1ccccc1)C(=O)[C@@H]1CSCN1C(=O)CNC(=O)[C@H](C)N. The summed E-state index contributed by atoms with van der Waals surface area (Å²) in [5.74, 6) is 0.359. The molecule has 1 aliphatic heterocycles. The first kappa shape index (κ1) is 22.2. The van der Waals surface area contributed by atoms with Crippen molar-refractivity contribution in [3.8, 4) is 0 Å². The lowest BCUT2D eigenvalue weighted by Crippen LogP contribution is -2.52. The van der Waals surface area contributed by atoms with Crippen LogP contribution in [0.3, 0.4) is 0 Å². The van der Waals surface area contributed by atoms with E-state index in [1.165, 1.54) is 0 Å². The average molecular weight is 407 g/mol. The van der Waals surface area contributed by atoms with E-state index in [4.69, 9.17) is 5.73 Å². The first-order chi connectivity index (χ1) is 13.4. The molecule has 8 heteroatoms. The van der Waals surface area contributed by atoms with Gasteiger partial charge in [0.25, 0.3) is 0 Å². The highest BCUT2D eigenvalue weighted by Gasteiger charge is 2.37. The van der Waals surface area contributed by atoms with Crippen LogP contribution in [0.25, 0.3) is 0 Å². The Labute approximate surface area is 171 Å². The van der Waals surface area contributed by atoms with Gasteiger partial charge in [-0.15, -0.1) is 11.8 Å². The van der Waals surface area contributed by atoms with Crippen molar-refractivity contribution in [3.05, 3.63) is 35.9 Å². The molecular weight excluding hydrogens is 376 g/mol. The fraction of sp³-hybridized carbons (Fsp3) is 0.550. The zero-order valence-electron chi connectivity index (χ0n) is 16.6. The Morgan fingerprint density at radius 2 is 2.04 bits per heavy atom. The average Bonchev–Trinajstić information content (AvgIpc) is 3.19. The molecule has 2 atom stereocenters. The Kier molecular flexibility index (Phi) is 8.79. The monoisotopic (exact) mass is 406 g/mol. The van der Waals surface area contributed by atoms with Crippen molar-refractivity contribution in [2.75, 3.05) is 24.7 Å². The molecule has 1 aromatic rings. The molecule has 0 aliphatic carbocycles. The summed E-state index contributed by atoms with van der Waals surface area (Å²) in [6.45, 7) is 4.71. The number of hydrogen-bond acceptors (Lipinski definition) is 5. The van der Waals surface area contributed by atoms with Crippen molar-refractivity contribution in [2.24, 2.45) is 5.73 Å². The Morgan fingerprint density at radius 1 is 1.32 bits per heavy atom. The predicted octanol–water partition coefficient (Wildman–Crippen LogP) is 1.18. The Bertz CT molecular complexity index is 669. The second-order valence-corrected chi connectivity index (χ2v) is 7.98. The summed E-state index contributed by atoms with van der Waals surface area (Å²) >= 11 is 1.56. The fourth-order valence-electron chi connectivity index (χ4n) is 2.95. The number of hydrogen-bond donors (Lipinski definition) is 2. The van der Waals surface area contributed by atoms with E-state index in [0.29, 0.717) is 24.7 Å². The van der Waals surface area contributed by atoms with Gasteiger partial charge in [-0.1, -0.05) is 43.7 Å². The van der Waals surface area contributed by atoms with Gasteiger partial charge in [-0.3, -0.25) is 14.4 Å². The molecule has 1 saturated heterocycles. The topological polar surface area (TPSA) is 95.7 Å². The van der Waals surface area contributed by atoms with Gasteiger partial charge in [0.2, 0.25) is 17.7 Å². The molecule has 0 saturated carbocycles. The molecule has 1 aliphatic rings. The van der Waals surface area contributed by atoms with Crippen LogP contribution in [-0.4, -0.2) is 64.3 Å². The molecule has 0 spiro atoms. The van der Waals surface area contributed by atoms with Gasteiger partial charge in [0.05, 0.1) is 18.5 Å². The van der Waals surface area contributed by atoms with Crippen LogP contribution in [0.4, 0.5) is 0 Å². The van der Waals surface area contributed by atoms with Crippen molar-refractivity contribution < 1.29 is 14.4 Å². The summed E-state index contributed by atoms with van der Waals surface area (Å²) in [4.78, 5) is 40.8. The van der Waals surface area contributed by atoms with E-state index < -0.39 is 12.1 Å². The molecule has 7 nitrogen and oxygen atoms in total. The van der Waals surface area contributed by atoms with Gasteiger partial charge >= 0.3 is 0 Å². The quantitative estimate of drug-likeness (QED) is 0.642. The smallest absolute Gasteiger partial charge is 0.246 e. The third kappa shape index (κ3) is 6.24. The number of unbranched alkanes of at least 4 members (excludes halogenated alkanes) is 1. The van der Waals surface area contributed by atoms with Gasteiger partial charge in [-0.25, -0.2) is 0 Å². The molecular formula is C20H30N4O3S. The minimum absolute atomic E-state index is 0.0332. The number of benzene rings is 1. The number of nitrogens with zero attached hydrogens (tertiary/aromatic N) is 2. The summed E-state index contributed by atoms with van der Waals surface area (Å²) in [5, 5.41) is 2.53. The largest absolute Gasteiger partial charge is 0.346 e. The Hall–Kier alpha value is -2.06. The van der Waals surface area contributed by atoms with Crippen molar-refractivity contribution in [2.45, 2.75) is 45.3 Å². The van der Waals surface area contributed by atoms with Crippen LogP contribution in [0.5, 0.6) is 0 Å². The maximum Gasteiger partial charge on any atom is 0.246 e. The van der Waals surface area contributed by atoms with E-state index >= 15 is 0 Å². The lowest BCUT2D eigenvalue weighted by molar-refractivity contribution is -0.143. The number of nitrogens with two attached hydrogens (primary N) is 1. The number of carbonyl (C=O) groups excluding carboxylic acids is 3. The highest BCUT2D eigenvalue weighted by atomic mass is 32.2. The van der Waals surface area contributed by atoms with Gasteiger partial charge in [0.1, 0.15) is 6.04 Å². The van der Waals surface area contributed by atoms with E-state index in [2.05, 4.69) is 12.2 Å². The number of thioether (sulfide) groups is 1. The van der Waals surface area contributed by atoms with Crippen LogP contribution in [0.15, 0.2) is 30.3 Å². The van der Waals surface area contributed by atoms with Crippen LogP contribution in [0.2, 0.25) is 0 Å². The standard InChI is InChI=1S/C20H30N4O3S/c1-3-4-10-23(12-16-8-6-5-7-9-16)20(27)17-13-28-14-24(17)18(25)11-22-19(26)15(2)21/h5-9,15,17H,3-4,10-14,21H2,1-2H3,(H,22,26)/t15-,17-/m0/s1. The second-order valence-electron chi connectivity index (χ2n) is 6.98. The summed E-state index contributed by atoms with van der Waals surface area (Å²) in [7, 11) is 0. The zero-order valence-corrected chi connectivity index (χ0v) is 17.4. The van der Waals surface area contributed by atoms with Gasteiger partial charge in [-0.05, 0) is 18.9 Å². The molecule has 1 heterocycles. The van der Waals surface area contributed by atoms with E-state index in [1.54, 1.807) is 23.6 Å². The summed E-state index contributed by atoms with van der Waals surface area (Å²) in [5.41, 5.74) is 6.58. The summed E-state index contributed by atoms with van der Waals surface area (Å²) in [6, 6.07) is 8.70. The van der Waals surface area contributed by atoms with E-state index in [1.807, 2.05) is 35.2 Å². The molecule has 0 unspecified atom stereocenters. The minimum atomic E-state index is -0.673. The second kappa shape index (κ2) is 11.1. The van der Waals surface area contributed by atoms with Gasteiger partial charge in [0, 0.05) is 18.8 Å². The molecule has 2 rings (SSSR count). The number of rotatable bonds is 9. The van der Waals surface area contributed by atoms with Crippen LogP contribution in [0, 0.1) is 0 Å². The maximum atomic E-state index is 13.2. The predicted molar refractivity (Wildman–Crippen MR) is 111 cm³/mol. The van der Waals surface area contributed by atoms with Crippen LogP contribution >= 0.6 is 11.8 Å². The Morgan fingerprint density at radius 3 is 2.68 bits per heavy atom. The van der Waals surface area contributed by atoms with Crippen molar-refractivity contribution in [3.63, 3.8) is 0 Å². The first-order valence-corrected chi connectivity index (χ1v) is 10.8. The Balaban J connectivity index is 2.04. The first-order valence-electron chi connectivity index (χ1n) is 9.67. The highest BCUT2D eigenvalue weighted by molar-refractivity contribution is 7.99. The number of nitrogens with one attached hydrogen (secondary N) is 1. The van der Waals surface area contributed by atoms with Crippen LogP contribution in [-0.2, 0) is 20.9 Å². The van der Waals surface area contributed by atoms with Crippen LogP contribution in [0.1, 0.15) is 32.3 Å². The fourth-order valence-corrected chi connectivity index (χ4v) is 4.12. The number of carbonyl (C=O) groups is 3. The van der Waals surface area contributed by atoms with Crippen molar-refractivity contribution >= 4 is 29.5 Å². The molecule has 3 N–H and O–H groups in total. The molecule has 3 amide bonds. The molecule has 0 bridgehead atoms. The molecule has 154 valence electrons. The van der Waals surface area contributed by atoms with Crippen LogP contribution < -0.4 is 11.1 Å². The van der Waals surface area contributed by atoms with Crippen molar-refractivity contribution in [1.82, 2.24) is 15.1 Å². The third-order valence-electron chi connectivity index (χ3n) is 4.62. The lowest BCUT2D eigenvalue weighted by Gasteiger charge is -2.30.